The summed E-state index contributed by atoms with van der Waals surface area (Å²) in [6.07, 6.45) is 1.69. The van der Waals surface area contributed by atoms with Gasteiger partial charge in [0.05, 0.1) is 8.07 Å². The van der Waals surface area contributed by atoms with Gasteiger partial charge in [-0.05, 0) is 10.8 Å². The Morgan fingerprint density at radius 1 is 1.05 bits per heavy atom. The van der Waals surface area contributed by atoms with Crippen LogP contribution in [0.2, 0.25) is 18.1 Å². The molecular weight excluding hydrogens is 284 g/mol. The van der Waals surface area contributed by atoms with Crippen LogP contribution in [0.3, 0.4) is 0 Å². The predicted octanol–water partition coefficient (Wildman–Crippen LogP) is 5.89. The molecule has 0 saturated carbocycles. The summed E-state index contributed by atoms with van der Waals surface area (Å²) >= 11 is 0. The maximum Gasteiger partial charge on any atom is 0.168 e. The first kappa shape index (κ1) is 18.7. The monoisotopic (exact) mass is 314 g/mol. The highest BCUT2D eigenvalue weighted by molar-refractivity contribution is 6.96. The lowest BCUT2D eigenvalue weighted by molar-refractivity contribution is -0.121. The molecule has 0 aliphatic carbocycles. The molecule has 22 heavy (non-hydrogen) atoms. The normalized spacial score (nSPS) is 11.7. The Morgan fingerprint density at radius 3 is 1.95 bits per heavy atom. The standard InChI is InChI=1S/C20H30OSi/c1-7-22(8-2,9-3)18(17-13-11-10-12-14-17)15-16-19(21)20(4,5)6/h10-14,16H,7-9H2,1-6H3. The van der Waals surface area contributed by atoms with E-state index in [2.05, 4.69) is 50.8 Å². The van der Waals surface area contributed by atoms with Crippen molar-refractivity contribution < 1.29 is 4.79 Å². The van der Waals surface area contributed by atoms with E-state index < -0.39 is 8.07 Å². The summed E-state index contributed by atoms with van der Waals surface area (Å²) in [4.78, 5) is 12.3. The average molecular weight is 315 g/mol. The van der Waals surface area contributed by atoms with E-state index in [0.29, 0.717) is 0 Å². The lowest BCUT2D eigenvalue weighted by Gasteiger charge is -2.30. The summed E-state index contributed by atoms with van der Waals surface area (Å²) in [6, 6.07) is 14.1. The molecule has 0 saturated heterocycles. The molecule has 0 spiro atoms. The van der Waals surface area contributed by atoms with E-state index in [1.54, 1.807) is 6.08 Å². The van der Waals surface area contributed by atoms with Crippen LogP contribution < -0.4 is 0 Å². The summed E-state index contributed by atoms with van der Waals surface area (Å²) in [5.74, 6) is 0.146. The van der Waals surface area contributed by atoms with Gasteiger partial charge in [-0.3, -0.25) is 4.79 Å². The minimum atomic E-state index is -1.59. The van der Waals surface area contributed by atoms with Crippen molar-refractivity contribution >= 4 is 19.1 Å². The molecule has 0 amide bonds. The fourth-order valence-electron chi connectivity index (χ4n) is 2.78. The minimum absolute atomic E-state index is 0.146. The molecule has 1 rings (SSSR count). The van der Waals surface area contributed by atoms with Gasteiger partial charge in [0.15, 0.2) is 5.78 Å². The van der Waals surface area contributed by atoms with Crippen LogP contribution in [0.1, 0.15) is 47.1 Å². The zero-order valence-electron chi connectivity index (χ0n) is 15.0. The molecule has 1 aromatic rings. The van der Waals surface area contributed by atoms with Crippen LogP contribution in [0.5, 0.6) is 0 Å². The van der Waals surface area contributed by atoms with Crippen LogP contribution in [-0.2, 0) is 4.79 Å². The third-order valence-corrected chi connectivity index (χ3v) is 10.3. The van der Waals surface area contributed by atoms with E-state index in [4.69, 9.17) is 0 Å². The van der Waals surface area contributed by atoms with Crippen molar-refractivity contribution in [1.82, 2.24) is 0 Å². The van der Waals surface area contributed by atoms with Gasteiger partial charge in [-0.25, -0.2) is 0 Å². The number of hydrogen-bond acceptors (Lipinski definition) is 1. The predicted molar refractivity (Wildman–Crippen MR) is 99.6 cm³/mol. The zero-order chi connectivity index (χ0) is 16.8. The smallest absolute Gasteiger partial charge is 0.168 e. The van der Waals surface area contributed by atoms with Crippen molar-refractivity contribution in [3.05, 3.63) is 47.7 Å². The Morgan fingerprint density at radius 2 is 1.55 bits per heavy atom. The quantitative estimate of drug-likeness (QED) is 0.363. The van der Waals surface area contributed by atoms with Crippen molar-refractivity contribution in [3.8, 4) is 0 Å². The summed E-state index contributed by atoms with van der Waals surface area (Å²) in [6.45, 7) is 12.7. The Labute approximate surface area is 137 Å². The third kappa shape index (κ3) is 4.31. The Balaban J connectivity index is 3.48. The second kappa shape index (κ2) is 7.76. The van der Waals surface area contributed by atoms with Crippen LogP contribution in [0.15, 0.2) is 42.1 Å². The van der Waals surface area contributed by atoms with E-state index in [1.165, 1.54) is 28.9 Å². The highest BCUT2D eigenvalue weighted by Crippen LogP contribution is 2.34. The van der Waals surface area contributed by atoms with E-state index in [9.17, 15) is 4.79 Å². The molecule has 0 aliphatic rings. The molecule has 120 valence electrons. The van der Waals surface area contributed by atoms with Gasteiger partial charge < -0.3 is 0 Å². The van der Waals surface area contributed by atoms with Crippen molar-refractivity contribution in [2.45, 2.75) is 59.7 Å². The molecular formula is C20H30OSi. The van der Waals surface area contributed by atoms with Crippen LogP contribution in [0.4, 0.5) is 0 Å². The minimum Gasteiger partial charge on any atom is -0.294 e. The molecule has 0 radical (unpaired) electrons. The second-order valence-corrected chi connectivity index (χ2v) is 12.2. The van der Waals surface area contributed by atoms with Gasteiger partial charge >= 0.3 is 0 Å². The zero-order valence-corrected chi connectivity index (χ0v) is 16.0. The van der Waals surface area contributed by atoms with Crippen LogP contribution in [0.25, 0.3) is 5.20 Å². The number of allylic oxidation sites excluding steroid dienone is 1. The van der Waals surface area contributed by atoms with Gasteiger partial charge in [0.25, 0.3) is 0 Å². The molecule has 0 N–H and O–H groups in total. The molecule has 0 heterocycles. The summed E-state index contributed by atoms with van der Waals surface area (Å²) < 4.78 is 0. The molecule has 1 aromatic carbocycles. The molecule has 0 aromatic heterocycles. The fourth-order valence-corrected chi connectivity index (χ4v) is 6.50. The van der Waals surface area contributed by atoms with Gasteiger partial charge in [0, 0.05) is 11.5 Å². The number of hydrogen-bond donors (Lipinski definition) is 0. The van der Waals surface area contributed by atoms with Crippen LogP contribution in [-0.4, -0.2) is 13.9 Å². The first-order valence-electron chi connectivity index (χ1n) is 8.37. The maximum absolute atomic E-state index is 12.3. The molecule has 0 unspecified atom stereocenters. The third-order valence-electron chi connectivity index (χ3n) is 4.71. The van der Waals surface area contributed by atoms with Crippen molar-refractivity contribution in [2.75, 3.05) is 0 Å². The largest absolute Gasteiger partial charge is 0.294 e. The topological polar surface area (TPSA) is 17.1 Å². The average Bonchev–Trinajstić information content (AvgIpc) is 2.51. The number of rotatable bonds is 6. The SMILES string of the molecule is CC[Si](CC)(CC)C(=C=CC(=O)C(C)(C)C)c1ccccc1. The van der Waals surface area contributed by atoms with Gasteiger partial charge in [-0.15, -0.1) is 5.73 Å². The van der Waals surface area contributed by atoms with Gasteiger partial charge in [0.1, 0.15) is 0 Å². The molecule has 1 nitrogen and oxygen atoms in total. The Bertz CT molecular complexity index is 545. The van der Waals surface area contributed by atoms with Gasteiger partial charge in [0.2, 0.25) is 0 Å². The Hall–Kier alpha value is -1.37. The number of ketones is 1. The van der Waals surface area contributed by atoms with Gasteiger partial charge in [-0.1, -0.05) is 90.0 Å². The second-order valence-electron chi connectivity index (χ2n) is 6.98. The fraction of sp³-hybridized carbons (Fsp3) is 0.500. The lowest BCUT2D eigenvalue weighted by atomic mass is 9.91. The summed E-state index contributed by atoms with van der Waals surface area (Å²) in [5.41, 5.74) is 4.33. The molecule has 0 bridgehead atoms. The van der Waals surface area contributed by atoms with Crippen molar-refractivity contribution in [2.24, 2.45) is 5.41 Å². The van der Waals surface area contributed by atoms with Crippen molar-refractivity contribution in [1.29, 1.82) is 0 Å². The lowest BCUT2D eigenvalue weighted by Crippen LogP contribution is -2.33. The van der Waals surface area contributed by atoms with Gasteiger partial charge in [-0.2, -0.15) is 0 Å². The maximum atomic E-state index is 12.3. The first-order valence-corrected chi connectivity index (χ1v) is 11.0. The summed E-state index contributed by atoms with van der Waals surface area (Å²) in [7, 11) is -1.59. The number of carbonyl (C=O) groups is 1. The molecule has 0 fully saturated rings. The molecule has 0 atom stereocenters. The van der Waals surface area contributed by atoms with Crippen LogP contribution in [0, 0.1) is 5.41 Å². The van der Waals surface area contributed by atoms with Crippen LogP contribution >= 0.6 is 0 Å². The van der Waals surface area contributed by atoms with Crippen molar-refractivity contribution in [3.63, 3.8) is 0 Å². The molecule has 2 heteroatoms. The summed E-state index contributed by atoms with van der Waals surface area (Å²) in [5, 5.41) is 1.30. The van der Waals surface area contributed by atoms with E-state index in [-0.39, 0.29) is 11.2 Å². The van der Waals surface area contributed by atoms with E-state index in [0.717, 1.165) is 0 Å². The number of benzene rings is 1. The molecule has 0 aliphatic heterocycles. The first-order chi connectivity index (χ1) is 10.3. The number of carbonyl (C=O) groups excluding carboxylic acids is 1. The van der Waals surface area contributed by atoms with E-state index in [1.807, 2.05) is 26.8 Å². The highest BCUT2D eigenvalue weighted by atomic mass is 28.3. The van der Waals surface area contributed by atoms with E-state index >= 15 is 0 Å². The Kier molecular flexibility index (Phi) is 6.59. The highest BCUT2D eigenvalue weighted by Gasteiger charge is 2.32.